The molecule has 2 aromatic heterocycles. The first-order valence-corrected chi connectivity index (χ1v) is 10.4. The summed E-state index contributed by atoms with van der Waals surface area (Å²) >= 11 is 1.39. The number of carbonyl (C=O) groups is 1. The van der Waals surface area contributed by atoms with Gasteiger partial charge in [0.15, 0.2) is 10.8 Å². The monoisotopic (exact) mass is 429 g/mol. The molecule has 0 amide bonds. The third-order valence-electron chi connectivity index (χ3n) is 4.91. The van der Waals surface area contributed by atoms with Crippen molar-refractivity contribution >= 4 is 39.2 Å². The highest BCUT2D eigenvalue weighted by atomic mass is 32.1. The van der Waals surface area contributed by atoms with Crippen LogP contribution in [0.25, 0.3) is 22.1 Å². The minimum atomic E-state index is -0.249. The van der Waals surface area contributed by atoms with E-state index in [1.807, 2.05) is 42.5 Å². The van der Waals surface area contributed by atoms with Crippen molar-refractivity contribution in [1.29, 1.82) is 10.5 Å². The fraction of sp³-hybridized carbons (Fsp3) is 0. The Morgan fingerprint density at radius 1 is 0.969 bits per heavy atom. The first-order valence-electron chi connectivity index (χ1n) is 9.56. The lowest BCUT2D eigenvalue weighted by Crippen LogP contribution is -1.95. The Balaban J connectivity index is 1.54. The van der Waals surface area contributed by atoms with E-state index in [1.54, 1.807) is 36.4 Å². The number of nitrogens with zero attached hydrogens (tertiary/aromatic N) is 3. The number of Topliss-reactive ketones (excluding diaryl/α,β-unsaturated/α-hetero) is 1. The van der Waals surface area contributed by atoms with Gasteiger partial charge in [-0.1, -0.05) is 48.4 Å². The van der Waals surface area contributed by atoms with Crippen molar-refractivity contribution in [2.75, 3.05) is 0 Å². The molecular formula is C26H11N3O2S. The second-order valence-electron chi connectivity index (χ2n) is 6.86. The number of aromatic nitrogens is 1. The molecular weight excluding hydrogens is 418 g/mol. The topological polar surface area (TPSA) is 90.7 Å². The Kier molecular flexibility index (Phi) is 4.73. The van der Waals surface area contributed by atoms with Gasteiger partial charge in [-0.15, -0.1) is 11.3 Å². The molecule has 1 aliphatic rings. The predicted octanol–water partition coefficient (Wildman–Crippen LogP) is 5.37. The molecule has 0 atom stereocenters. The number of allylic oxidation sites excluding steroid dienone is 3. The average Bonchev–Trinajstić information content (AvgIpc) is 3.46. The van der Waals surface area contributed by atoms with Gasteiger partial charge >= 0.3 is 0 Å². The highest BCUT2D eigenvalue weighted by molar-refractivity contribution is 7.19. The molecule has 0 aliphatic heterocycles. The van der Waals surface area contributed by atoms with E-state index in [0.29, 0.717) is 33.2 Å². The van der Waals surface area contributed by atoms with E-state index in [-0.39, 0.29) is 16.9 Å². The molecule has 5 nitrogen and oxygen atoms in total. The molecule has 0 saturated heterocycles. The van der Waals surface area contributed by atoms with Crippen LogP contribution in [0.1, 0.15) is 32.3 Å². The minimum absolute atomic E-state index is 0.112. The summed E-state index contributed by atoms with van der Waals surface area (Å²) in [5.74, 6) is 6.27. The zero-order valence-electron chi connectivity index (χ0n) is 16.4. The molecule has 148 valence electrons. The SMILES string of the molecule is N#CC(C#N)=C1/C(=C/c2cc3sc(C#Cc4ccccc4)nc3o2)C(=O)c2ccccc21. The molecule has 32 heavy (non-hydrogen) atoms. The fourth-order valence-electron chi connectivity index (χ4n) is 3.51. The highest BCUT2D eigenvalue weighted by Crippen LogP contribution is 2.40. The van der Waals surface area contributed by atoms with Gasteiger partial charge in [-0.05, 0) is 29.7 Å². The van der Waals surface area contributed by atoms with E-state index >= 15 is 0 Å². The van der Waals surface area contributed by atoms with Gasteiger partial charge in [0.25, 0.3) is 0 Å². The van der Waals surface area contributed by atoms with Gasteiger partial charge in [0.1, 0.15) is 23.5 Å². The van der Waals surface area contributed by atoms with Crippen molar-refractivity contribution in [2.24, 2.45) is 0 Å². The van der Waals surface area contributed by atoms with E-state index in [2.05, 4.69) is 16.8 Å². The van der Waals surface area contributed by atoms with Gasteiger partial charge in [0.05, 0.1) is 4.70 Å². The summed E-state index contributed by atoms with van der Waals surface area (Å²) in [6, 6.07) is 22.1. The molecule has 0 N–H and O–H groups in total. The van der Waals surface area contributed by atoms with Gasteiger partial charge in [0.2, 0.25) is 5.71 Å². The minimum Gasteiger partial charge on any atom is -0.437 e. The summed E-state index contributed by atoms with van der Waals surface area (Å²) in [6.45, 7) is 0. The number of nitriles is 2. The van der Waals surface area contributed by atoms with E-state index < -0.39 is 0 Å². The van der Waals surface area contributed by atoms with Crippen molar-refractivity contribution in [3.05, 3.63) is 99.3 Å². The largest absolute Gasteiger partial charge is 0.437 e. The number of benzene rings is 2. The maximum Gasteiger partial charge on any atom is 0.238 e. The van der Waals surface area contributed by atoms with Crippen molar-refractivity contribution in [3.8, 4) is 24.0 Å². The third kappa shape index (κ3) is 3.30. The highest BCUT2D eigenvalue weighted by Gasteiger charge is 2.32. The first kappa shape index (κ1) is 19.3. The quantitative estimate of drug-likeness (QED) is 0.230. The smallest absolute Gasteiger partial charge is 0.238 e. The Labute approximate surface area is 187 Å². The standard InChI is InChI=1S/C26H11N3O2S/c27-14-17(15-28)24-19-8-4-5-9-20(19)25(30)21(24)12-18-13-22-26(31-18)29-23(32-22)11-10-16-6-2-1-3-7-16/h1-9,12-13H/b21-12-. The van der Waals surface area contributed by atoms with Crippen LogP contribution in [0.4, 0.5) is 0 Å². The second kappa shape index (κ2) is 7.85. The Morgan fingerprint density at radius 3 is 2.41 bits per heavy atom. The zero-order valence-corrected chi connectivity index (χ0v) is 17.2. The van der Waals surface area contributed by atoms with E-state index in [0.717, 1.165) is 10.3 Å². The molecule has 6 heteroatoms. The summed E-state index contributed by atoms with van der Waals surface area (Å²) in [5.41, 5.74) is 2.84. The maximum atomic E-state index is 13.0. The van der Waals surface area contributed by atoms with Crippen molar-refractivity contribution in [3.63, 3.8) is 0 Å². The molecule has 4 aromatic rings. The Morgan fingerprint density at radius 2 is 1.69 bits per heavy atom. The number of ketones is 1. The van der Waals surface area contributed by atoms with Crippen LogP contribution in [0, 0.1) is 34.5 Å². The van der Waals surface area contributed by atoms with Gasteiger partial charge < -0.3 is 4.42 Å². The lowest BCUT2D eigenvalue weighted by molar-refractivity contribution is 0.104. The molecule has 5 rings (SSSR count). The molecule has 2 aromatic carbocycles. The van der Waals surface area contributed by atoms with Crippen molar-refractivity contribution in [2.45, 2.75) is 0 Å². The molecule has 0 bridgehead atoms. The predicted molar refractivity (Wildman–Crippen MR) is 121 cm³/mol. The Bertz CT molecular complexity index is 1560. The molecule has 0 spiro atoms. The molecule has 1 aliphatic carbocycles. The van der Waals surface area contributed by atoms with E-state index in [9.17, 15) is 15.3 Å². The lowest BCUT2D eigenvalue weighted by Gasteiger charge is -2.00. The van der Waals surface area contributed by atoms with Crippen molar-refractivity contribution < 1.29 is 9.21 Å². The summed E-state index contributed by atoms with van der Waals surface area (Å²) in [6.07, 6.45) is 1.57. The number of hydrogen-bond acceptors (Lipinski definition) is 6. The number of fused-ring (bicyclic) bond motifs is 2. The van der Waals surface area contributed by atoms with Crippen LogP contribution in [0.5, 0.6) is 0 Å². The van der Waals surface area contributed by atoms with Crippen LogP contribution >= 0.6 is 11.3 Å². The average molecular weight is 429 g/mol. The van der Waals surface area contributed by atoms with E-state index in [1.165, 1.54) is 11.3 Å². The van der Waals surface area contributed by atoms with Gasteiger partial charge in [0, 0.05) is 28.3 Å². The molecule has 0 fully saturated rings. The van der Waals surface area contributed by atoms with Crippen LogP contribution in [0.2, 0.25) is 0 Å². The maximum absolute atomic E-state index is 13.0. The second-order valence-corrected chi connectivity index (χ2v) is 7.89. The number of furan rings is 1. The van der Waals surface area contributed by atoms with Crippen LogP contribution in [-0.2, 0) is 0 Å². The summed E-state index contributed by atoms with van der Waals surface area (Å²) in [4.78, 5) is 17.4. The number of hydrogen-bond donors (Lipinski definition) is 0. The van der Waals surface area contributed by atoms with Gasteiger partial charge in [-0.2, -0.15) is 15.5 Å². The molecule has 0 saturated carbocycles. The van der Waals surface area contributed by atoms with Crippen LogP contribution in [-0.4, -0.2) is 10.8 Å². The molecule has 0 unspecified atom stereocenters. The normalized spacial score (nSPS) is 13.4. The molecule has 2 heterocycles. The van der Waals surface area contributed by atoms with E-state index in [4.69, 9.17) is 4.42 Å². The summed E-state index contributed by atoms with van der Waals surface area (Å²) in [5, 5.41) is 19.5. The fourth-order valence-corrected chi connectivity index (χ4v) is 4.30. The third-order valence-corrected chi connectivity index (χ3v) is 5.81. The summed E-state index contributed by atoms with van der Waals surface area (Å²) < 4.78 is 6.61. The molecule has 0 radical (unpaired) electrons. The zero-order chi connectivity index (χ0) is 22.1. The number of carbonyl (C=O) groups excluding carboxylic acids is 1. The Hall–Kier alpha value is -4.70. The van der Waals surface area contributed by atoms with Crippen LogP contribution in [0.3, 0.4) is 0 Å². The number of thiazole rings is 1. The van der Waals surface area contributed by atoms with Gasteiger partial charge in [-0.3, -0.25) is 4.79 Å². The number of rotatable bonds is 1. The van der Waals surface area contributed by atoms with Crippen molar-refractivity contribution in [1.82, 2.24) is 4.98 Å². The first-order chi connectivity index (χ1) is 15.7. The van der Waals surface area contributed by atoms with Crippen LogP contribution < -0.4 is 0 Å². The van der Waals surface area contributed by atoms with Crippen LogP contribution in [0.15, 0.2) is 76.2 Å². The summed E-state index contributed by atoms with van der Waals surface area (Å²) in [7, 11) is 0. The van der Waals surface area contributed by atoms with Gasteiger partial charge in [-0.25, -0.2) is 0 Å². The lowest BCUT2D eigenvalue weighted by atomic mass is 9.99.